The Balaban J connectivity index is 1.71. The van der Waals surface area contributed by atoms with E-state index in [2.05, 4.69) is 5.32 Å². The number of carbonyl (C=O) groups is 2. The molecule has 2 aromatic carbocycles. The zero-order valence-electron chi connectivity index (χ0n) is 16.3. The van der Waals surface area contributed by atoms with Crippen molar-refractivity contribution < 1.29 is 23.8 Å². The van der Waals surface area contributed by atoms with Gasteiger partial charge in [0, 0.05) is 28.1 Å². The second kappa shape index (κ2) is 8.18. The molecule has 1 amide bonds. The molecule has 0 saturated carbocycles. The first-order valence-electron chi connectivity index (χ1n) is 9.05. The van der Waals surface area contributed by atoms with Crippen molar-refractivity contribution in [3.8, 4) is 5.75 Å². The number of aryl methyl sites for hydroxylation is 2. The standard InChI is InChI=1S/C22H21NO6/c1-12-5-4-6-15(9-12)21(26)23-14(3)22(27)28-11-16-10-19(25)29-20-13(2)18(24)8-7-17(16)20/h4-10,14,24H,11H2,1-3H3,(H,23,26)/t14-/m0/s1. The number of fused-ring (bicyclic) bond motifs is 1. The molecule has 0 bridgehead atoms. The maximum absolute atomic E-state index is 12.3. The van der Waals surface area contributed by atoms with Crippen LogP contribution in [-0.4, -0.2) is 23.0 Å². The van der Waals surface area contributed by atoms with Crippen LogP contribution in [0.25, 0.3) is 11.0 Å². The van der Waals surface area contributed by atoms with Crippen molar-refractivity contribution in [2.45, 2.75) is 33.4 Å². The number of rotatable bonds is 5. The molecular weight excluding hydrogens is 374 g/mol. The Morgan fingerprint density at radius 3 is 2.66 bits per heavy atom. The number of ether oxygens (including phenoxy) is 1. The summed E-state index contributed by atoms with van der Waals surface area (Å²) >= 11 is 0. The fourth-order valence-corrected chi connectivity index (χ4v) is 2.93. The summed E-state index contributed by atoms with van der Waals surface area (Å²) < 4.78 is 10.5. The van der Waals surface area contributed by atoms with E-state index in [4.69, 9.17) is 9.15 Å². The zero-order valence-corrected chi connectivity index (χ0v) is 16.3. The van der Waals surface area contributed by atoms with Crippen molar-refractivity contribution in [2.75, 3.05) is 0 Å². The third-order valence-corrected chi connectivity index (χ3v) is 4.57. The maximum Gasteiger partial charge on any atom is 0.336 e. The number of nitrogens with one attached hydrogen (secondary N) is 1. The molecule has 1 heterocycles. The lowest BCUT2D eigenvalue weighted by molar-refractivity contribution is -0.146. The molecule has 0 fully saturated rings. The van der Waals surface area contributed by atoms with Gasteiger partial charge in [-0.3, -0.25) is 4.79 Å². The Labute approximate surface area is 166 Å². The Hall–Kier alpha value is -3.61. The molecule has 0 aliphatic heterocycles. The number of hydrogen-bond donors (Lipinski definition) is 2. The number of benzene rings is 2. The van der Waals surface area contributed by atoms with Crippen LogP contribution in [0.2, 0.25) is 0 Å². The van der Waals surface area contributed by atoms with Gasteiger partial charge in [-0.05, 0) is 45.0 Å². The molecule has 7 heteroatoms. The van der Waals surface area contributed by atoms with Crippen molar-refractivity contribution in [1.82, 2.24) is 5.32 Å². The topological polar surface area (TPSA) is 106 Å². The SMILES string of the molecule is Cc1cccc(C(=O)N[C@@H](C)C(=O)OCc2cc(=O)oc3c(C)c(O)ccc23)c1. The second-order valence-corrected chi connectivity index (χ2v) is 6.85. The van der Waals surface area contributed by atoms with Crippen molar-refractivity contribution >= 4 is 22.8 Å². The van der Waals surface area contributed by atoms with Crippen LogP contribution in [0.5, 0.6) is 5.75 Å². The number of esters is 1. The highest BCUT2D eigenvalue weighted by Crippen LogP contribution is 2.27. The number of phenols is 1. The Morgan fingerprint density at radius 2 is 1.93 bits per heavy atom. The molecule has 3 aromatic rings. The van der Waals surface area contributed by atoms with Crippen molar-refractivity contribution in [3.63, 3.8) is 0 Å². The Bertz CT molecular complexity index is 1150. The van der Waals surface area contributed by atoms with Crippen LogP contribution < -0.4 is 10.9 Å². The molecule has 1 atom stereocenters. The molecule has 7 nitrogen and oxygen atoms in total. The summed E-state index contributed by atoms with van der Waals surface area (Å²) in [6, 6.07) is 10.5. The largest absolute Gasteiger partial charge is 0.508 e. The van der Waals surface area contributed by atoms with Crippen LogP contribution in [0.1, 0.15) is 34.0 Å². The number of aromatic hydroxyl groups is 1. The van der Waals surface area contributed by atoms with E-state index >= 15 is 0 Å². The molecular formula is C22H21NO6. The number of amides is 1. The fourth-order valence-electron chi connectivity index (χ4n) is 2.93. The van der Waals surface area contributed by atoms with Gasteiger partial charge in [0.1, 0.15) is 24.0 Å². The predicted molar refractivity (Wildman–Crippen MR) is 107 cm³/mol. The van der Waals surface area contributed by atoms with E-state index in [9.17, 15) is 19.5 Å². The van der Waals surface area contributed by atoms with Gasteiger partial charge >= 0.3 is 11.6 Å². The summed E-state index contributed by atoms with van der Waals surface area (Å²) in [4.78, 5) is 36.4. The maximum atomic E-state index is 12.3. The van der Waals surface area contributed by atoms with E-state index in [1.165, 1.54) is 19.1 Å². The first-order valence-corrected chi connectivity index (χ1v) is 9.05. The molecule has 29 heavy (non-hydrogen) atoms. The predicted octanol–water partition coefficient (Wildman–Crippen LogP) is 2.98. The average molecular weight is 395 g/mol. The van der Waals surface area contributed by atoms with Gasteiger partial charge < -0.3 is 19.6 Å². The van der Waals surface area contributed by atoms with Crippen LogP contribution in [0.3, 0.4) is 0 Å². The molecule has 150 valence electrons. The van der Waals surface area contributed by atoms with Gasteiger partial charge in [-0.2, -0.15) is 0 Å². The van der Waals surface area contributed by atoms with E-state index in [0.717, 1.165) is 5.56 Å². The molecule has 0 aliphatic carbocycles. The summed E-state index contributed by atoms with van der Waals surface area (Å²) in [6.45, 7) is 4.85. The highest BCUT2D eigenvalue weighted by molar-refractivity contribution is 5.96. The lowest BCUT2D eigenvalue weighted by Gasteiger charge is -2.14. The molecule has 1 aromatic heterocycles. The minimum atomic E-state index is -0.875. The molecule has 3 rings (SSSR count). The smallest absolute Gasteiger partial charge is 0.336 e. The summed E-state index contributed by atoms with van der Waals surface area (Å²) in [7, 11) is 0. The van der Waals surface area contributed by atoms with E-state index in [-0.39, 0.29) is 23.8 Å². The van der Waals surface area contributed by atoms with E-state index in [1.54, 1.807) is 31.2 Å². The lowest BCUT2D eigenvalue weighted by Crippen LogP contribution is -2.39. The van der Waals surface area contributed by atoms with Gasteiger partial charge in [0.25, 0.3) is 5.91 Å². The number of hydrogen-bond acceptors (Lipinski definition) is 6. The monoisotopic (exact) mass is 395 g/mol. The highest BCUT2D eigenvalue weighted by atomic mass is 16.5. The van der Waals surface area contributed by atoms with Crippen LogP contribution in [0.15, 0.2) is 51.7 Å². The third-order valence-electron chi connectivity index (χ3n) is 4.57. The zero-order chi connectivity index (χ0) is 21.1. The van der Waals surface area contributed by atoms with Gasteiger partial charge in [-0.25, -0.2) is 9.59 Å². The number of carbonyl (C=O) groups excluding carboxylic acids is 2. The Morgan fingerprint density at radius 1 is 1.17 bits per heavy atom. The van der Waals surface area contributed by atoms with E-state index < -0.39 is 17.6 Å². The van der Waals surface area contributed by atoms with Gasteiger partial charge in [-0.15, -0.1) is 0 Å². The average Bonchev–Trinajstić information content (AvgIpc) is 2.68. The van der Waals surface area contributed by atoms with Gasteiger partial charge in [-0.1, -0.05) is 17.7 Å². The molecule has 0 saturated heterocycles. The lowest BCUT2D eigenvalue weighted by atomic mass is 10.1. The summed E-state index contributed by atoms with van der Waals surface area (Å²) in [5.74, 6) is -1.01. The summed E-state index contributed by atoms with van der Waals surface area (Å²) in [5.41, 5.74) is 1.88. The first-order chi connectivity index (χ1) is 13.8. The van der Waals surface area contributed by atoms with Crippen molar-refractivity contribution in [3.05, 3.63) is 75.1 Å². The summed E-state index contributed by atoms with van der Waals surface area (Å²) in [6.07, 6.45) is 0. The van der Waals surface area contributed by atoms with Crippen LogP contribution in [0.4, 0.5) is 0 Å². The number of phenolic OH excluding ortho intramolecular Hbond substituents is 1. The normalized spacial score (nSPS) is 11.8. The van der Waals surface area contributed by atoms with Crippen LogP contribution >= 0.6 is 0 Å². The Kier molecular flexibility index (Phi) is 5.68. The van der Waals surface area contributed by atoms with Gasteiger partial charge in [0.15, 0.2) is 0 Å². The van der Waals surface area contributed by atoms with Gasteiger partial charge in [0.05, 0.1) is 0 Å². The molecule has 2 N–H and O–H groups in total. The summed E-state index contributed by atoms with van der Waals surface area (Å²) in [5, 5.41) is 13.0. The van der Waals surface area contributed by atoms with Crippen molar-refractivity contribution in [2.24, 2.45) is 0 Å². The fraction of sp³-hybridized carbons (Fsp3) is 0.227. The van der Waals surface area contributed by atoms with E-state index in [0.29, 0.717) is 22.1 Å². The second-order valence-electron chi connectivity index (χ2n) is 6.85. The molecule has 0 aliphatic rings. The molecule has 0 spiro atoms. The van der Waals surface area contributed by atoms with Crippen LogP contribution in [0, 0.1) is 13.8 Å². The van der Waals surface area contributed by atoms with Crippen LogP contribution in [-0.2, 0) is 16.1 Å². The quantitative estimate of drug-likeness (QED) is 0.508. The highest BCUT2D eigenvalue weighted by Gasteiger charge is 2.19. The first kappa shape index (κ1) is 20.1. The van der Waals surface area contributed by atoms with E-state index in [1.807, 2.05) is 13.0 Å². The minimum Gasteiger partial charge on any atom is -0.508 e. The van der Waals surface area contributed by atoms with Crippen molar-refractivity contribution in [1.29, 1.82) is 0 Å². The van der Waals surface area contributed by atoms with Gasteiger partial charge in [0.2, 0.25) is 0 Å². The third kappa shape index (κ3) is 4.45. The molecule has 0 unspecified atom stereocenters. The minimum absolute atomic E-state index is 0.00211. The molecule has 0 radical (unpaired) electrons.